The molecule has 0 unspecified atom stereocenters. The molecule has 0 aliphatic heterocycles. The van der Waals surface area contributed by atoms with Crippen LogP contribution in [-0.2, 0) is 19.7 Å². The first-order valence-corrected chi connectivity index (χ1v) is 37.9. The SMILES string of the molecule is CCCCCCCCc1ccc(-c2ccc(-c3cc(C)c(-c4ccc(-c5c([Si](CCC)(CCC)CCC)cc(-c6ccc(-c7ccc([Si](OC)(OC)OC)cc7)cc6)cc5[Si](CCC)(CCC)CCC)cc4)c(C)c3)cc2)cc1. The molecule has 79 heavy (non-hydrogen) atoms. The van der Waals surface area contributed by atoms with Gasteiger partial charge < -0.3 is 13.3 Å². The number of hydrogen-bond acceptors (Lipinski definition) is 3. The molecule has 420 valence electrons. The minimum atomic E-state index is -2.92. The molecule has 0 N–H and O–H groups in total. The summed E-state index contributed by atoms with van der Waals surface area (Å²) in [6.07, 6.45) is 16.6. The van der Waals surface area contributed by atoms with E-state index in [2.05, 4.69) is 208 Å². The third-order valence-corrected chi connectivity index (χ3v) is 32.0. The first-order valence-electron chi connectivity index (χ1n) is 30.9. The monoisotopic (exact) mass is 1110 g/mol. The van der Waals surface area contributed by atoms with Gasteiger partial charge in [-0.1, -0.05) is 311 Å². The second-order valence-electron chi connectivity index (χ2n) is 23.2. The van der Waals surface area contributed by atoms with E-state index in [0.29, 0.717) is 0 Å². The summed E-state index contributed by atoms with van der Waals surface area (Å²) in [5.74, 6) is 0. The quantitative estimate of drug-likeness (QED) is 0.0320. The van der Waals surface area contributed by atoms with Crippen LogP contribution in [0.5, 0.6) is 0 Å². The van der Waals surface area contributed by atoms with Crippen molar-refractivity contribution in [3.63, 3.8) is 0 Å². The lowest BCUT2D eigenvalue weighted by Crippen LogP contribution is -2.55. The lowest BCUT2D eigenvalue weighted by atomic mass is 9.90. The Balaban J connectivity index is 1.28. The molecule has 7 rings (SSSR count). The molecule has 0 aliphatic carbocycles. The van der Waals surface area contributed by atoms with Crippen LogP contribution in [0, 0.1) is 13.8 Å². The Morgan fingerprint density at radius 3 is 0.975 bits per heavy atom. The number of aryl methyl sites for hydroxylation is 3. The van der Waals surface area contributed by atoms with Crippen molar-refractivity contribution in [3.8, 4) is 66.8 Å². The largest absolute Gasteiger partial charge is 0.536 e. The topological polar surface area (TPSA) is 27.7 Å². The van der Waals surface area contributed by atoms with Gasteiger partial charge in [0.1, 0.15) is 0 Å². The summed E-state index contributed by atoms with van der Waals surface area (Å²) in [6.45, 7) is 21.6. The van der Waals surface area contributed by atoms with Gasteiger partial charge >= 0.3 is 8.80 Å². The first-order chi connectivity index (χ1) is 38.4. The third kappa shape index (κ3) is 14.4. The molecule has 3 nitrogen and oxygen atoms in total. The van der Waals surface area contributed by atoms with Gasteiger partial charge in [-0.2, -0.15) is 0 Å². The minimum absolute atomic E-state index is 0.959. The molecule has 0 aliphatic rings. The molecule has 7 aromatic carbocycles. The average molecular weight is 1110 g/mol. The molecule has 0 radical (unpaired) electrons. The molecule has 0 bridgehead atoms. The Morgan fingerprint density at radius 1 is 0.304 bits per heavy atom. The van der Waals surface area contributed by atoms with Crippen LogP contribution in [0.25, 0.3) is 66.8 Å². The zero-order valence-corrected chi connectivity index (χ0v) is 54.0. The van der Waals surface area contributed by atoms with Gasteiger partial charge in [-0.05, 0) is 110 Å². The second-order valence-corrected chi connectivity index (χ2v) is 35.3. The minimum Gasteiger partial charge on any atom is -0.373 e. The maximum atomic E-state index is 5.80. The van der Waals surface area contributed by atoms with Gasteiger partial charge in [0.25, 0.3) is 0 Å². The maximum absolute atomic E-state index is 5.80. The first kappa shape index (κ1) is 61.7. The predicted molar refractivity (Wildman–Crippen MR) is 353 cm³/mol. The Hall–Kier alpha value is -4.93. The van der Waals surface area contributed by atoms with Crippen molar-refractivity contribution in [2.24, 2.45) is 0 Å². The highest BCUT2D eigenvalue weighted by Gasteiger charge is 2.42. The fourth-order valence-corrected chi connectivity index (χ4v) is 27.2. The molecular weight excluding hydrogens is 1010 g/mol. The third-order valence-electron chi connectivity index (χ3n) is 17.6. The molecule has 0 atom stereocenters. The zero-order valence-electron chi connectivity index (χ0n) is 51.0. The lowest BCUT2D eigenvalue weighted by molar-refractivity contribution is 0.140. The van der Waals surface area contributed by atoms with Crippen LogP contribution < -0.4 is 15.6 Å². The average Bonchev–Trinajstić information content (AvgIpc) is 3.62. The highest BCUT2D eigenvalue weighted by molar-refractivity contribution is 6.96. The van der Waals surface area contributed by atoms with Crippen molar-refractivity contribution in [2.45, 2.75) is 182 Å². The summed E-state index contributed by atoms with van der Waals surface area (Å²) >= 11 is 0. The van der Waals surface area contributed by atoms with Gasteiger partial charge in [-0.25, -0.2) is 0 Å². The van der Waals surface area contributed by atoms with Gasteiger partial charge in [0.15, 0.2) is 0 Å². The fourth-order valence-electron chi connectivity index (χ4n) is 13.9. The van der Waals surface area contributed by atoms with E-state index in [1.807, 2.05) is 0 Å². The molecule has 0 spiro atoms. The summed E-state index contributed by atoms with van der Waals surface area (Å²) in [5, 5.41) is 4.44. The molecule has 7 aromatic rings. The standard InChI is InChI=1S/C73H98O3Si3/c1-13-20-21-22-23-24-25-58-26-28-59(29-27-58)60-30-34-63(35-31-60)67-52-56(8)72(57(9)53-67)65-38-40-66(41-39-65)73-70(77(46-14-2,47-15-3)48-16-4)54-68(55-71(73)78(49-17-5,50-18-6)51-19-7)64-36-32-61(33-37-64)62-42-44-69(45-43-62)79(74-10,75-11)76-12/h26-45,52-55H,13-25,46-51H2,1-12H3. The second kappa shape index (κ2) is 29.7. The van der Waals surface area contributed by atoms with E-state index in [-0.39, 0.29) is 0 Å². The van der Waals surface area contributed by atoms with Crippen LogP contribution in [0.3, 0.4) is 0 Å². The maximum Gasteiger partial charge on any atom is 0.536 e. The van der Waals surface area contributed by atoms with Crippen LogP contribution in [0.4, 0.5) is 0 Å². The van der Waals surface area contributed by atoms with Crippen LogP contribution in [0.15, 0.2) is 146 Å². The van der Waals surface area contributed by atoms with Crippen LogP contribution in [0.1, 0.15) is 142 Å². The summed E-state index contributed by atoms with van der Waals surface area (Å²) in [4.78, 5) is 0. The molecule has 0 saturated carbocycles. The van der Waals surface area contributed by atoms with Gasteiger partial charge in [0, 0.05) is 26.5 Å². The van der Waals surface area contributed by atoms with Crippen LogP contribution >= 0.6 is 0 Å². The summed E-state index contributed by atoms with van der Waals surface area (Å²) < 4.78 is 17.4. The summed E-state index contributed by atoms with van der Waals surface area (Å²) in [5.41, 5.74) is 20.1. The summed E-state index contributed by atoms with van der Waals surface area (Å²) in [6, 6.07) is 64.9. The predicted octanol–water partition coefficient (Wildman–Crippen LogP) is 20.1. The Labute approximate surface area is 483 Å². The fraction of sp³-hybridized carbons (Fsp3) is 0.425. The van der Waals surface area contributed by atoms with Gasteiger partial charge in [-0.3, -0.25) is 0 Å². The Morgan fingerprint density at radius 2 is 0.608 bits per heavy atom. The molecule has 0 heterocycles. The number of hydrogen-bond donors (Lipinski definition) is 0. The van der Waals surface area contributed by atoms with Crippen LogP contribution in [-0.4, -0.2) is 46.3 Å². The van der Waals surface area contributed by atoms with Gasteiger partial charge in [0.05, 0.1) is 16.1 Å². The normalized spacial score (nSPS) is 12.2. The van der Waals surface area contributed by atoms with Gasteiger partial charge in [0.2, 0.25) is 0 Å². The smallest absolute Gasteiger partial charge is 0.373 e. The van der Waals surface area contributed by atoms with E-state index in [1.54, 1.807) is 37.3 Å². The van der Waals surface area contributed by atoms with Crippen molar-refractivity contribution in [2.75, 3.05) is 21.3 Å². The highest BCUT2D eigenvalue weighted by Crippen LogP contribution is 2.40. The van der Waals surface area contributed by atoms with E-state index < -0.39 is 25.0 Å². The zero-order chi connectivity index (χ0) is 56.4. The van der Waals surface area contributed by atoms with Gasteiger partial charge in [-0.15, -0.1) is 0 Å². The van der Waals surface area contributed by atoms with Crippen molar-refractivity contribution < 1.29 is 13.3 Å². The molecular formula is C73H98O3Si3. The molecule has 6 heteroatoms. The number of benzene rings is 7. The van der Waals surface area contributed by atoms with Crippen LogP contribution in [0.2, 0.25) is 36.3 Å². The lowest BCUT2D eigenvalue weighted by Gasteiger charge is -2.40. The highest BCUT2D eigenvalue weighted by atomic mass is 28.4. The van der Waals surface area contributed by atoms with Crippen molar-refractivity contribution in [1.29, 1.82) is 0 Å². The van der Waals surface area contributed by atoms with Crippen molar-refractivity contribution in [1.82, 2.24) is 0 Å². The summed E-state index contributed by atoms with van der Waals surface area (Å²) in [7, 11) is -1.94. The molecule has 0 amide bonds. The number of unbranched alkanes of at least 4 members (excludes halogenated alkanes) is 5. The number of rotatable bonds is 31. The van der Waals surface area contributed by atoms with E-state index in [9.17, 15) is 0 Å². The Kier molecular flexibility index (Phi) is 23.2. The molecule has 0 fully saturated rings. The molecule has 0 saturated heterocycles. The Bertz CT molecular complexity index is 2840. The van der Waals surface area contributed by atoms with Crippen molar-refractivity contribution >= 4 is 40.5 Å². The van der Waals surface area contributed by atoms with E-state index in [4.69, 9.17) is 13.3 Å². The van der Waals surface area contributed by atoms with E-state index in [1.165, 1.54) is 198 Å². The van der Waals surface area contributed by atoms with E-state index in [0.717, 1.165) is 5.19 Å². The van der Waals surface area contributed by atoms with E-state index >= 15 is 0 Å². The van der Waals surface area contributed by atoms with Crippen molar-refractivity contribution in [3.05, 3.63) is 162 Å². The molecule has 0 aromatic heterocycles.